The van der Waals surface area contributed by atoms with Gasteiger partial charge in [-0.25, -0.2) is 0 Å². The van der Waals surface area contributed by atoms with Gasteiger partial charge in [0.25, 0.3) is 0 Å². The molecule has 0 saturated heterocycles. The van der Waals surface area contributed by atoms with E-state index >= 15 is 0 Å². The van der Waals surface area contributed by atoms with Crippen molar-refractivity contribution in [3.63, 3.8) is 0 Å². The Morgan fingerprint density at radius 2 is 2.28 bits per heavy atom. The van der Waals surface area contributed by atoms with Gasteiger partial charge in [-0.1, -0.05) is 0 Å². The van der Waals surface area contributed by atoms with Crippen LogP contribution in [0.2, 0.25) is 0 Å². The highest BCUT2D eigenvalue weighted by Gasteiger charge is 2.46. The topological polar surface area (TPSA) is 49.8 Å². The molecule has 2 atom stereocenters. The van der Waals surface area contributed by atoms with Crippen LogP contribution in [0.25, 0.3) is 0 Å². The average molecular weight is 249 g/mol. The summed E-state index contributed by atoms with van der Waals surface area (Å²) in [5, 5.41) is 8.94. The molecule has 2 rings (SSSR count). The van der Waals surface area contributed by atoms with Gasteiger partial charge in [-0.05, 0) is 44.0 Å². The Bertz CT molecular complexity index is 458. The lowest BCUT2D eigenvalue weighted by molar-refractivity contribution is -0.138. The first kappa shape index (κ1) is 12.7. The number of ether oxygens (including phenoxy) is 1. The van der Waals surface area contributed by atoms with E-state index in [1.54, 1.807) is 0 Å². The molecule has 1 aromatic carbocycles. The molecule has 18 heavy (non-hydrogen) atoms. The lowest BCUT2D eigenvalue weighted by Gasteiger charge is -2.20. The van der Waals surface area contributed by atoms with Crippen LogP contribution in [0.3, 0.4) is 0 Å². The van der Waals surface area contributed by atoms with E-state index in [0.29, 0.717) is 6.61 Å². The summed E-state index contributed by atoms with van der Waals surface area (Å²) in [4.78, 5) is 12.9. The number of anilines is 1. The minimum Gasteiger partial charge on any atom is -0.494 e. The number of hydrogen-bond acceptors (Lipinski definition) is 3. The summed E-state index contributed by atoms with van der Waals surface area (Å²) in [6, 6.07) is 6.10. The van der Waals surface area contributed by atoms with Gasteiger partial charge in [-0.15, -0.1) is 0 Å². The number of carbonyl (C=O) groups is 1. The smallest absolute Gasteiger partial charge is 0.308 e. The van der Waals surface area contributed by atoms with Crippen molar-refractivity contribution in [1.82, 2.24) is 0 Å². The number of nitrogens with zero attached hydrogens (tertiary/aromatic N) is 1. The van der Waals surface area contributed by atoms with E-state index in [1.165, 1.54) is 0 Å². The molecule has 4 nitrogen and oxygen atoms in total. The largest absolute Gasteiger partial charge is 0.494 e. The minimum atomic E-state index is -0.700. The summed E-state index contributed by atoms with van der Waals surface area (Å²) in [5.41, 5.74) is 2.12. The number of aryl methyl sites for hydroxylation is 1. The third-order valence-corrected chi connectivity index (χ3v) is 3.44. The fourth-order valence-corrected chi connectivity index (χ4v) is 2.24. The van der Waals surface area contributed by atoms with Crippen LogP contribution in [0.4, 0.5) is 5.69 Å². The predicted octanol–water partition coefficient (Wildman–Crippen LogP) is 2.30. The van der Waals surface area contributed by atoms with Crippen LogP contribution in [-0.2, 0) is 4.79 Å². The maximum absolute atomic E-state index is 10.9. The maximum Gasteiger partial charge on any atom is 0.308 e. The number of aliphatic carboxylic acids is 1. The van der Waals surface area contributed by atoms with E-state index in [-0.39, 0.29) is 12.0 Å². The zero-order chi connectivity index (χ0) is 13.3. The highest BCUT2D eigenvalue weighted by atomic mass is 16.5. The zero-order valence-electron chi connectivity index (χ0n) is 11.0. The van der Waals surface area contributed by atoms with E-state index in [1.807, 2.05) is 44.0 Å². The molecule has 0 aliphatic heterocycles. The molecule has 1 saturated carbocycles. The molecule has 0 radical (unpaired) electrons. The summed E-state index contributed by atoms with van der Waals surface area (Å²) < 4.78 is 5.49. The molecule has 0 amide bonds. The highest BCUT2D eigenvalue weighted by Crippen LogP contribution is 2.38. The SMILES string of the molecule is CCOc1ccc(N(C)C2CC2C(=O)O)cc1C. The summed E-state index contributed by atoms with van der Waals surface area (Å²) >= 11 is 0. The van der Waals surface area contributed by atoms with Crippen LogP contribution in [0.1, 0.15) is 18.9 Å². The first-order valence-corrected chi connectivity index (χ1v) is 6.23. The van der Waals surface area contributed by atoms with Gasteiger partial charge in [0.15, 0.2) is 0 Å². The average Bonchev–Trinajstić information content (AvgIpc) is 3.11. The van der Waals surface area contributed by atoms with E-state index < -0.39 is 5.97 Å². The molecule has 1 fully saturated rings. The van der Waals surface area contributed by atoms with Crippen LogP contribution < -0.4 is 9.64 Å². The quantitative estimate of drug-likeness (QED) is 0.870. The molecule has 2 unspecified atom stereocenters. The fraction of sp³-hybridized carbons (Fsp3) is 0.500. The standard InChI is InChI=1S/C14H19NO3/c1-4-18-13-6-5-10(7-9(13)2)15(3)12-8-11(12)14(16)17/h5-7,11-12H,4,8H2,1-3H3,(H,16,17). The first-order valence-electron chi connectivity index (χ1n) is 6.23. The van der Waals surface area contributed by atoms with Gasteiger partial charge in [-0.3, -0.25) is 4.79 Å². The molecule has 1 aromatic rings. The third kappa shape index (κ3) is 2.42. The van der Waals surface area contributed by atoms with Gasteiger partial charge < -0.3 is 14.7 Å². The number of carboxylic acids is 1. The molecule has 1 aliphatic carbocycles. The van der Waals surface area contributed by atoms with Crippen LogP contribution in [0.15, 0.2) is 18.2 Å². The highest BCUT2D eigenvalue weighted by molar-refractivity contribution is 5.76. The van der Waals surface area contributed by atoms with Gasteiger partial charge in [0.1, 0.15) is 5.75 Å². The molecule has 0 spiro atoms. The molecule has 0 heterocycles. The Morgan fingerprint density at radius 3 is 2.78 bits per heavy atom. The lowest BCUT2D eigenvalue weighted by atomic mass is 10.2. The van der Waals surface area contributed by atoms with Crippen molar-refractivity contribution in [2.45, 2.75) is 26.3 Å². The van der Waals surface area contributed by atoms with Crippen molar-refractivity contribution in [2.75, 3.05) is 18.6 Å². The summed E-state index contributed by atoms with van der Waals surface area (Å²) in [6.45, 7) is 4.62. The van der Waals surface area contributed by atoms with Gasteiger partial charge in [0.2, 0.25) is 0 Å². The Labute approximate surface area is 107 Å². The minimum absolute atomic E-state index is 0.125. The molecule has 98 valence electrons. The molecule has 4 heteroatoms. The second kappa shape index (κ2) is 4.88. The van der Waals surface area contributed by atoms with E-state index in [0.717, 1.165) is 23.4 Å². The third-order valence-electron chi connectivity index (χ3n) is 3.44. The Balaban J connectivity index is 2.10. The van der Waals surface area contributed by atoms with Crippen molar-refractivity contribution in [3.05, 3.63) is 23.8 Å². The van der Waals surface area contributed by atoms with Crippen molar-refractivity contribution in [2.24, 2.45) is 5.92 Å². The molecular formula is C14H19NO3. The molecule has 1 aliphatic rings. The number of benzene rings is 1. The number of rotatable bonds is 5. The van der Waals surface area contributed by atoms with Crippen LogP contribution in [0.5, 0.6) is 5.75 Å². The monoisotopic (exact) mass is 249 g/mol. The Morgan fingerprint density at radius 1 is 1.56 bits per heavy atom. The van der Waals surface area contributed by atoms with Crippen molar-refractivity contribution >= 4 is 11.7 Å². The second-order valence-corrected chi connectivity index (χ2v) is 4.74. The van der Waals surface area contributed by atoms with Crippen LogP contribution in [-0.4, -0.2) is 30.8 Å². The zero-order valence-corrected chi connectivity index (χ0v) is 11.0. The van der Waals surface area contributed by atoms with Crippen LogP contribution >= 0.6 is 0 Å². The normalized spacial score (nSPS) is 21.5. The summed E-state index contributed by atoms with van der Waals surface area (Å²) in [7, 11) is 1.95. The molecular weight excluding hydrogens is 230 g/mol. The summed E-state index contributed by atoms with van der Waals surface area (Å²) in [5.74, 6) is -0.0309. The predicted molar refractivity (Wildman–Crippen MR) is 70.3 cm³/mol. The number of carboxylic acid groups (broad SMARTS) is 1. The van der Waals surface area contributed by atoms with Gasteiger partial charge in [0.05, 0.1) is 12.5 Å². The van der Waals surface area contributed by atoms with Crippen molar-refractivity contribution in [3.8, 4) is 5.75 Å². The van der Waals surface area contributed by atoms with Crippen LogP contribution in [0, 0.1) is 12.8 Å². The number of hydrogen-bond donors (Lipinski definition) is 1. The Kier molecular flexibility index (Phi) is 3.45. The van der Waals surface area contributed by atoms with Gasteiger partial charge in [-0.2, -0.15) is 0 Å². The van der Waals surface area contributed by atoms with E-state index in [2.05, 4.69) is 0 Å². The second-order valence-electron chi connectivity index (χ2n) is 4.74. The van der Waals surface area contributed by atoms with Gasteiger partial charge >= 0.3 is 5.97 Å². The lowest BCUT2D eigenvalue weighted by Crippen LogP contribution is -2.23. The van der Waals surface area contributed by atoms with Gasteiger partial charge in [0, 0.05) is 18.8 Å². The summed E-state index contributed by atoms with van der Waals surface area (Å²) in [6.07, 6.45) is 0.734. The molecule has 0 bridgehead atoms. The first-order chi connectivity index (χ1) is 8.54. The molecule has 1 N–H and O–H groups in total. The van der Waals surface area contributed by atoms with Crippen molar-refractivity contribution < 1.29 is 14.6 Å². The fourth-order valence-electron chi connectivity index (χ4n) is 2.24. The van der Waals surface area contributed by atoms with E-state index in [4.69, 9.17) is 9.84 Å². The van der Waals surface area contributed by atoms with Crippen molar-refractivity contribution in [1.29, 1.82) is 0 Å². The maximum atomic E-state index is 10.9. The Hall–Kier alpha value is -1.71. The molecule has 0 aromatic heterocycles. The van der Waals surface area contributed by atoms with E-state index in [9.17, 15) is 4.79 Å².